The number of hydrogen-bond acceptors (Lipinski definition) is 5. The second-order valence-corrected chi connectivity index (χ2v) is 3.20. The second kappa shape index (κ2) is 5.05. The van der Waals surface area contributed by atoms with Crippen molar-refractivity contribution >= 4 is 17.8 Å². The summed E-state index contributed by atoms with van der Waals surface area (Å²) in [4.78, 5) is 31.8. The number of aromatic nitrogens is 2. The van der Waals surface area contributed by atoms with Crippen molar-refractivity contribution < 1.29 is 14.5 Å². The molecule has 9 heteroatoms. The van der Waals surface area contributed by atoms with Gasteiger partial charge >= 0.3 is 11.8 Å². The van der Waals surface area contributed by atoms with Gasteiger partial charge in [0.1, 0.15) is 0 Å². The number of nitrogens with zero attached hydrogens (tertiary/aromatic N) is 3. The van der Waals surface area contributed by atoms with Gasteiger partial charge in [0.15, 0.2) is 5.56 Å². The third-order valence-electron chi connectivity index (χ3n) is 1.85. The van der Waals surface area contributed by atoms with Crippen LogP contribution in [0.25, 0.3) is 0 Å². The summed E-state index contributed by atoms with van der Waals surface area (Å²) in [5.41, 5.74) is 4.46. The van der Waals surface area contributed by atoms with Gasteiger partial charge in [0.25, 0.3) is 5.91 Å². The largest absolute Gasteiger partial charge is 0.402 e. The Kier molecular flexibility index (Phi) is 3.75. The van der Waals surface area contributed by atoms with Gasteiger partial charge in [-0.1, -0.05) is 6.92 Å². The van der Waals surface area contributed by atoms with E-state index in [1.54, 1.807) is 5.32 Å². The Bertz CT molecular complexity index is 466. The first kappa shape index (κ1) is 12.6. The predicted octanol–water partition coefficient (Wildman–Crippen LogP) is 0.00980. The molecule has 1 rings (SSSR count). The zero-order valence-corrected chi connectivity index (χ0v) is 9.04. The van der Waals surface area contributed by atoms with E-state index in [0.29, 0.717) is 13.0 Å². The number of nitrogens with two attached hydrogens (primary N) is 1. The Morgan fingerprint density at radius 2 is 2.29 bits per heavy atom. The van der Waals surface area contributed by atoms with Crippen molar-refractivity contribution in [1.82, 2.24) is 15.1 Å². The number of urea groups is 1. The predicted molar refractivity (Wildman–Crippen MR) is 56.2 cm³/mol. The molecule has 0 aliphatic heterocycles. The number of nitrogens with one attached hydrogen (secondary N) is 1. The monoisotopic (exact) mass is 241 g/mol. The Morgan fingerprint density at radius 1 is 1.65 bits per heavy atom. The molecule has 0 aromatic carbocycles. The summed E-state index contributed by atoms with van der Waals surface area (Å²) < 4.78 is 1.27. The van der Waals surface area contributed by atoms with Crippen molar-refractivity contribution in [2.24, 2.45) is 5.73 Å². The van der Waals surface area contributed by atoms with E-state index in [0.717, 1.165) is 0 Å². The third-order valence-corrected chi connectivity index (χ3v) is 1.85. The van der Waals surface area contributed by atoms with Gasteiger partial charge in [-0.05, 0) is 11.3 Å². The van der Waals surface area contributed by atoms with Crippen LogP contribution in [-0.2, 0) is 6.54 Å². The molecule has 1 aromatic heterocycles. The molecular formula is C8H11N5O4. The zero-order valence-electron chi connectivity index (χ0n) is 9.04. The number of amides is 3. The third kappa shape index (κ3) is 3.00. The van der Waals surface area contributed by atoms with E-state index >= 15 is 0 Å². The minimum atomic E-state index is -1.08. The molecule has 0 saturated heterocycles. The Morgan fingerprint density at radius 3 is 2.76 bits per heavy atom. The van der Waals surface area contributed by atoms with Gasteiger partial charge in [0.05, 0.1) is 17.8 Å². The van der Waals surface area contributed by atoms with Crippen molar-refractivity contribution in [2.75, 3.05) is 0 Å². The van der Waals surface area contributed by atoms with E-state index in [-0.39, 0.29) is 5.56 Å². The highest BCUT2D eigenvalue weighted by atomic mass is 16.6. The van der Waals surface area contributed by atoms with Crippen LogP contribution < -0.4 is 11.1 Å². The molecule has 0 atom stereocenters. The molecule has 0 fully saturated rings. The molecule has 1 aromatic rings. The number of primary amides is 1. The molecule has 3 N–H and O–H groups in total. The summed E-state index contributed by atoms with van der Waals surface area (Å²) >= 11 is 0. The number of aryl methyl sites for hydroxylation is 1. The topological polar surface area (TPSA) is 133 Å². The van der Waals surface area contributed by atoms with Crippen LogP contribution in [0.1, 0.15) is 23.7 Å². The fourth-order valence-corrected chi connectivity index (χ4v) is 1.23. The summed E-state index contributed by atoms with van der Waals surface area (Å²) in [5, 5.41) is 16.0. The normalized spacial score (nSPS) is 9.94. The van der Waals surface area contributed by atoms with Gasteiger partial charge in [0.2, 0.25) is 0 Å². The number of nitro groups is 1. The van der Waals surface area contributed by atoms with Crippen LogP contribution in [0.5, 0.6) is 0 Å². The summed E-state index contributed by atoms with van der Waals surface area (Å²) in [5.74, 6) is -1.54. The quantitative estimate of drug-likeness (QED) is 0.565. The van der Waals surface area contributed by atoms with Gasteiger partial charge in [-0.3, -0.25) is 10.1 Å². The molecule has 0 aliphatic rings. The second-order valence-electron chi connectivity index (χ2n) is 3.20. The molecule has 0 saturated carbocycles. The molecular weight excluding hydrogens is 230 g/mol. The first-order chi connectivity index (χ1) is 7.95. The Labute approximate surface area is 95.7 Å². The maximum Gasteiger partial charge on any atom is 0.402 e. The van der Waals surface area contributed by atoms with Crippen LogP contribution in [-0.4, -0.2) is 26.6 Å². The first-order valence-electron chi connectivity index (χ1n) is 4.78. The van der Waals surface area contributed by atoms with E-state index in [2.05, 4.69) is 5.10 Å². The highest BCUT2D eigenvalue weighted by molar-refractivity contribution is 6.05. The molecule has 92 valence electrons. The van der Waals surface area contributed by atoms with Crippen molar-refractivity contribution in [3.63, 3.8) is 0 Å². The van der Waals surface area contributed by atoms with Crippen LogP contribution in [0.4, 0.5) is 10.6 Å². The molecule has 1 heterocycles. The lowest BCUT2D eigenvalue weighted by Gasteiger charge is -1.96. The van der Waals surface area contributed by atoms with Crippen molar-refractivity contribution in [3.05, 3.63) is 21.9 Å². The molecule has 17 heavy (non-hydrogen) atoms. The van der Waals surface area contributed by atoms with E-state index in [1.165, 1.54) is 10.9 Å². The molecule has 3 amide bonds. The van der Waals surface area contributed by atoms with Gasteiger partial charge in [-0.15, -0.1) is 0 Å². The maximum absolute atomic E-state index is 11.4. The van der Waals surface area contributed by atoms with Gasteiger partial charge in [0, 0.05) is 0 Å². The average Bonchev–Trinajstić information content (AvgIpc) is 2.61. The SMILES string of the molecule is CCCn1cc(C(=O)NC(N)=O)c([N+](=O)[O-])n1. The van der Waals surface area contributed by atoms with Gasteiger partial charge in [-0.2, -0.15) is 4.68 Å². The van der Waals surface area contributed by atoms with Gasteiger partial charge < -0.3 is 15.8 Å². The lowest BCUT2D eigenvalue weighted by Crippen LogP contribution is -2.35. The zero-order chi connectivity index (χ0) is 13.0. The Hall–Kier alpha value is -2.45. The van der Waals surface area contributed by atoms with E-state index in [1.807, 2.05) is 6.92 Å². The maximum atomic E-state index is 11.4. The highest BCUT2D eigenvalue weighted by Crippen LogP contribution is 2.15. The fraction of sp³-hybridized carbons (Fsp3) is 0.375. The molecule has 0 bridgehead atoms. The van der Waals surface area contributed by atoms with Crippen LogP contribution in [0.3, 0.4) is 0 Å². The first-order valence-corrected chi connectivity index (χ1v) is 4.78. The Balaban J connectivity index is 3.07. The molecule has 0 radical (unpaired) electrons. The van der Waals surface area contributed by atoms with Crippen LogP contribution in [0, 0.1) is 10.1 Å². The molecule has 9 nitrogen and oxygen atoms in total. The summed E-state index contributed by atoms with van der Waals surface area (Å²) in [6.07, 6.45) is 1.91. The van der Waals surface area contributed by atoms with E-state index < -0.39 is 22.7 Å². The molecule has 0 unspecified atom stereocenters. The van der Waals surface area contributed by atoms with Crippen LogP contribution in [0.2, 0.25) is 0 Å². The van der Waals surface area contributed by atoms with E-state index in [9.17, 15) is 19.7 Å². The van der Waals surface area contributed by atoms with Crippen molar-refractivity contribution in [2.45, 2.75) is 19.9 Å². The number of hydrogen-bond donors (Lipinski definition) is 2. The number of carbonyl (C=O) groups excluding carboxylic acids is 2. The van der Waals surface area contributed by atoms with Gasteiger partial charge in [-0.25, -0.2) is 4.79 Å². The highest BCUT2D eigenvalue weighted by Gasteiger charge is 2.26. The van der Waals surface area contributed by atoms with E-state index in [4.69, 9.17) is 5.73 Å². The number of rotatable bonds is 4. The number of imide groups is 1. The average molecular weight is 241 g/mol. The molecule has 0 spiro atoms. The fourth-order valence-electron chi connectivity index (χ4n) is 1.23. The summed E-state index contributed by atoms with van der Waals surface area (Å²) in [7, 11) is 0. The minimum absolute atomic E-state index is 0.290. The standard InChI is InChI=1S/C8H11N5O4/c1-2-3-12-4-5(6(11-12)13(16)17)7(14)10-8(9)15/h4H,2-3H2,1H3,(H3,9,10,14,15). The van der Waals surface area contributed by atoms with Crippen LogP contribution >= 0.6 is 0 Å². The van der Waals surface area contributed by atoms with Crippen molar-refractivity contribution in [3.8, 4) is 0 Å². The lowest BCUT2D eigenvalue weighted by molar-refractivity contribution is -0.390. The molecule has 0 aliphatic carbocycles. The van der Waals surface area contributed by atoms with Crippen LogP contribution in [0.15, 0.2) is 6.20 Å². The number of carbonyl (C=O) groups is 2. The summed E-state index contributed by atoms with van der Waals surface area (Å²) in [6, 6.07) is -1.08. The van der Waals surface area contributed by atoms with Crippen molar-refractivity contribution in [1.29, 1.82) is 0 Å². The lowest BCUT2D eigenvalue weighted by atomic mass is 10.3. The summed E-state index contributed by atoms with van der Waals surface area (Å²) in [6.45, 7) is 2.29. The smallest absolute Gasteiger partial charge is 0.358 e. The minimum Gasteiger partial charge on any atom is -0.358 e.